The normalized spacial score (nSPS) is 10.5. The third-order valence-corrected chi connectivity index (χ3v) is 3.51. The number of methoxy groups -OCH3 is 2. The van der Waals surface area contributed by atoms with E-state index in [2.05, 4.69) is 21.2 Å². The Morgan fingerprint density at radius 3 is 2.50 bits per heavy atom. The van der Waals surface area contributed by atoms with Crippen molar-refractivity contribution in [1.29, 1.82) is 0 Å². The average molecular weight is 362 g/mol. The summed E-state index contributed by atoms with van der Waals surface area (Å²) in [6.07, 6.45) is 3.19. The molecule has 0 bridgehead atoms. The molecule has 0 atom stereocenters. The summed E-state index contributed by atoms with van der Waals surface area (Å²) in [5.74, 6) is 1.02. The molecule has 0 radical (unpaired) electrons. The molecule has 0 heterocycles. The van der Waals surface area contributed by atoms with E-state index in [1.807, 2.05) is 36.4 Å². The maximum Gasteiger partial charge on any atom is 0.248 e. The van der Waals surface area contributed by atoms with Crippen LogP contribution in [0.2, 0.25) is 0 Å². The van der Waals surface area contributed by atoms with Crippen molar-refractivity contribution >= 4 is 33.6 Å². The Kier molecular flexibility index (Phi) is 5.61. The molecule has 1 amide bonds. The van der Waals surface area contributed by atoms with Crippen molar-refractivity contribution in [2.45, 2.75) is 0 Å². The number of carbonyl (C=O) groups is 1. The molecule has 0 saturated carbocycles. The van der Waals surface area contributed by atoms with Gasteiger partial charge in [0.05, 0.1) is 18.7 Å². The monoisotopic (exact) mass is 361 g/mol. The summed E-state index contributed by atoms with van der Waals surface area (Å²) in [5.41, 5.74) is 1.58. The molecule has 4 nitrogen and oxygen atoms in total. The molecular formula is C17H16BrNO3. The van der Waals surface area contributed by atoms with Crippen LogP contribution in [0.15, 0.2) is 53.0 Å². The van der Waals surface area contributed by atoms with Crippen LogP contribution in [-0.2, 0) is 4.79 Å². The summed E-state index contributed by atoms with van der Waals surface area (Å²) < 4.78 is 11.3. The van der Waals surface area contributed by atoms with Crippen molar-refractivity contribution in [3.05, 3.63) is 58.6 Å². The molecule has 0 fully saturated rings. The largest absolute Gasteiger partial charge is 0.493 e. The Bertz CT molecular complexity index is 684. The van der Waals surface area contributed by atoms with E-state index in [1.54, 1.807) is 26.4 Å². The maximum atomic E-state index is 11.9. The SMILES string of the molecule is COc1cc(C=CC(=O)Nc2ccccc2)cc(Br)c1OC. The number of rotatable bonds is 5. The van der Waals surface area contributed by atoms with Gasteiger partial charge < -0.3 is 14.8 Å². The van der Waals surface area contributed by atoms with Crippen LogP contribution >= 0.6 is 15.9 Å². The lowest BCUT2D eigenvalue weighted by atomic mass is 10.2. The third-order valence-electron chi connectivity index (χ3n) is 2.92. The summed E-state index contributed by atoms with van der Waals surface area (Å²) in [6.45, 7) is 0. The van der Waals surface area contributed by atoms with Crippen LogP contribution in [0.4, 0.5) is 5.69 Å². The van der Waals surface area contributed by atoms with Gasteiger partial charge in [0.2, 0.25) is 5.91 Å². The van der Waals surface area contributed by atoms with E-state index in [1.165, 1.54) is 6.08 Å². The van der Waals surface area contributed by atoms with Crippen LogP contribution < -0.4 is 14.8 Å². The van der Waals surface area contributed by atoms with Gasteiger partial charge in [-0.15, -0.1) is 0 Å². The first-order valence-electron chi connectivity index (χ1n) is 6.59. The Hall–Kier alpha value is -2.27. The summed E-state index contributed by atoms with van der Waals surface area (Å²) in [7, 11) is 3.14. The standard InChI is InChI=1S/C17H16BrNO3/c1-21-15-11-12(10-14(18)17(15)22-2)8-9-16(20)19-13-6-4-3-5-7-13/h3-11H,1-2H3,(H,19,20). The molecule has 114 valence electrons. The summed E-state index contributed by atoms with van der Waals surface area (Å²) in [5, 5.41) is 2.78. The van der Waals surface area contributed by atoms with E-state index in [0.29, 0.717) is 11.5 Å². The zero-order valence-electron chi connectivity index (χ0n) is 12.3. The molecule has 0 unspecified atom stereocenters. The lowest BCUT2D eigenvalue weighted by Gasteiger charge is -2.10. The number of para-hydroxylation sites is 1. The van der Waals surface area contributed by atoms with Gasteiger partial charge in [-0.3, -0.25) is 4.79 Å². The molecule has 1 N–H and O–H groups in total. The third kappa shape index (κ3) is 4.11. The van der Waals surface area contributed by atoms with Gasteiger partial charge in [-0.2, -0.15) is 0 Å². The smallest absolute Gasteiger partial charge is 0.248 e. The van der Waals surface area contributed by atoms with E-state index >= 15 is 0 Å². The van der Waals surface area contributed by atoms with Gasteiger partial charge in [-0.1, -0.05) is 18.2 Å². The van der Waals surface area contributed by atoms with Crippen LogP contribution in [0.5, 0.6) is 11.5 Å². The molecule has 22 heavy (non-hydrogen) atoms. The number of nitrogens with one attached hydrogen (secondary N) is 1. The Balaban J connectivity index is 2.13. The van der Waals surface area contributed by atoms with Crippen LogP contribution in [0.3, 0.4) is 0 Å². The Labute approximate surface area is 137 Å². The van der Waals surface area contributed by atoms with Crippen LogP contribution in [0, 0.1) is 0 Å². The van der Waals surface area contributed by atoms with E-state index in [4.69, 9.17) is 9.47 Å². The van der Waals surface area contributed by atoms with Crippen LogP contribution in [0.25, 0.3) is 6.08 Å². The van der Waals surface area contributed by atoms with Gasteiger partial charge in [0.25, 0.3) is 0 Å². The number of amides is 1. The molecule has 0 aliphatic heterocycles. The van der Waals surface area contributed by atoms with Crippen molar-refractivity contribution in [3.63, 3.8) is 0 Å². The minimum Gasteiger partial charge on any atom is -0.493 e. The number of hydrogen-bond acceptors (Lipinski definition) is 3. The quantitative estimate of drug-likeness (QED) is 0.814. The van der Waals surface area contributed by atoms with Crippen LogP contribution in [-0.4, -0.2) is 20.1 Å². The minimum atomic E-state index is -0.197. The molecule has 0 spiro atoms. The van der Waals surface area contributed by atoms with Gasteiger partial charge in [0.1, 0.15) is 0 Å². The van der Waals surface area contributed by atoms with Gasteiger partial charge in [-0.05, 0) is 51.8 Å². The Morgan fingerprint density at radius 1 is 1.14 bits per heavy atom. The van der Waals surface area contributed by atoms with E-state index in [9.17, 15) is 4.79 Å². The fraction of sp³-hybridized carbons (Fsp3) is 0.118. The van der Waals surface area contributed by atoms with Gasteiger partial charge in [0, 0.05) is 11.8 Å². The van der Waals surface area contributed by atoms with Crippen molar-refractivity contribution < 1.29 is 14.3 Å². The van der Waals surface area contributed by atoms with Crippen molar-refractivity contribution in [3.8, 4) is 11.5 Å². The van der Waals surface area contributed by atoms with E-state index in [-0.39, 0.29) is 5.91 Å². The molecule has 0 saturated heterocycles. The molecule has 0 aliphatic carbocycles. The molecule has 0 aliphatic rings. The first-order valence-corrected chi connectivity index (χ1v) is 7.39. The predicted octanol–water partition coefficient (Wildman–Crippen LogP) is 4.12. The predicted molar refractivity (Wildman–Crippen MR) is 91.4 cm³/mol. The fourth-order valence-electron chi connectivity index (χ4n) is 1.91. The Morgan fingerprint density at radius 2 is 1.86 bits per heavy atom. The zero-order chi connectivity index (χ0) is 15.9. The highest BCUT2D eigenvalue weighted by Crippen LogP contribution is 2.36. The topological polar surface area (TPSA) is 47.6 Å². The number of carbonyl (C=O) groups excluding carboxylic acids is 1. The maximum absolute atomic E-state index is 11.9. The van der Waals surface area contributed by atoms with E-state index < -0.39 is 0 Å². The number of ether oxygens (including phenoxy) is 2. The average Bonchev–Trinajstić information content (AvgIpc) is 2.53. The number of hydrogen-bond donors (Lipinski definition) is 1. The fourth-order valence-corrected chi connectivity index (χ4v) is 2.53. The van der Waals surface area contributed by atoms with E-state index in [0.717, 1.165) is 15.7 Å². The van der Waals surface area contributed by atoms with Gasteiger partial charge in [-0.25, -0.2) is 0 Å². The zero-order valence-corrected chi connectivity index (χ0v) is 13.9. The summed E-state index contributed by atoms with van der Waals surface area (Å²) in [4.78, 5) is 11.9. The first-order chi connectivity index (χ1) is 10.6. The molecule has 2 rings (SSSR count). The minimum absolute atomic E-state index is 0.197. The highest BCUT2D eigenvalue weighted by molar-refractivity contribution is 9.10. The molecule has 2 aromatic carbocycles. The second kappa shape index (κ2) is 7.66. The highest BCUT2D eigenvalue weighted by atomic mass is 79.9. The lowest BCUT2D eigenvalue weighted by Crippen LogP contribution is -2.07. The van der Waals surface area contributed by atoms with Gasteiger partial charge >= 0.3 is 0 Å². The second-order valence-corrected chi connectivity index (χ2v) is 5.28. The molecule has 0 aromatic heterocycles. The van der Waals surface area contributed by atoms with Crippen LogP contribution in [0.1, 0.15) is 5.56 Å². The van der Waals surface area contributed by atoms with Crippen molar-refractivity contribution in [1.82, 2.24) is 0 Å². The molecular weight excluding hydrogens is 346 g/mol. The first kappa shape index (κ1) is 16.1. The highest BCUT2D eigenvalue weighted by Gasteiger charge is 2.09. The number of anilines is 1. The number of benzene rings is 2. The van der Waals surface area contributed by atoms with Crippen molar-refractivity contribution in [2.75, 3.05) is 19.5 Å². The second-order valence-electron chi connectivity index (χ2n) is 4.43. The van der Waals surface area contributed by atoms with Gasteiger partial charge in [0.15, 0.2) is 11.5 Å². The lowest BCUT2D eigenvalue weighted by molar-refractivity contribution is -0.111. The molecule has 2 aromatic rings. The summed E-state index contributed by atoms with van der Waals surface area (Å²) in [6, 6.07) is 12.9. The number of halogens is 1. The van der Waals surface area contributed by atoms with Crippen molar-refractivity contribution in [2.24, 2.45) is 0 Å². The summed E-state index contributed by atoms with van der Waals surface area (Å²) >= 11 is 3.42. The molecule has 5 heteroatoms.